The second-order valence-electron chi connectivity index (χ2n) is 5.63. The molecule has 2 aromatic carbocycles. The molecular formula is C19H14FN3S. The lowest BCUT2D eigenvalue weighted by atomic mass is 9.98. The molecule has 0 unspecified atom stereocenters. The molecule has 0 saturated carbocycles. The van der Waals surface area contributed by atoms with Gasteiger partial charge in [0.1, 0.15) is 11.6 Å². The average Bonchev–Trinajstić information content (AvgIpc) is 3.05. The minimum Gasteiger partial charge on any atom is -0.384 e. The summed E-state index contributed by atoms with van der Waals surface area (Å²) in [6, 6.07) is 14.9. The van der Waals surface area contributed by atoms with Gasteiger partial charge in [0.15, 0.2) is 0 Å². The quantitative estimate of drug-likeness (QED) is 0.557. The van der Waals surface area contributed by atoms with Gasteiger partial charge in [-0.25, -0.2) is 14.4 Å². The third kappa shape index (κ3) is 2.53. The molecule has 2 N–H and O–H groups in total. The Hall–Kier alpha value is -2.79. The molecule has 24 heavy (non-hydrogen) atoms. The molecule has 2 aromatic heterocycles. The van der Waals surface area contributed by atoms with Gasteiger partial charge in [-0.3, -0.25) is 0 Å². The monoisotopic (exact) mass is 335 g/mol. The van der Waals surface area contributed by atoms with Crippen molar-refractivity contribution in [2.45, 2.75) is 6.92 Å². The summed E-state index contributed by atoms with van der Waals surface area (Å²) in [5.41, 5.74) is 12.9. The summed E-state index contributed by atoms with van der Waals surface area (Å²) in [5.74, 6) is 0.213. The van der Waals surface area contributed by atoms with E-state index in [0.717, 1.165) is 32.6 Å². The van der Waals surface area contributed by atoms with Crippen LogP contribution in [-0.4, -0.2) is 9.97 Å². The standard InChI is InChI=1S/C19H14FN3S/c1-11-8-13(2-5-15(11)20)19-14(4-7-18(21)23-19)12-3-6-16-17(9-12)24-10-22-16/h2-10H,1H3,(H2,21,23). The number of pyridine rings is 1. The maximum absolute atomic E-state index is 13.6. The van der Waals surface area contributed by atoms with E-state index in [2.05, 4.69) is 16.0 Å². The maximum atomic E-state index is 13.6. The Morgan fingerprint density at radius 3 is 2.67 bits per heavy atom. The molecule has 0 bridgehead atoms. The summed E-state index contributed by atoms with van der Waals surface area (Å²) < 4.78 is 14.7. The van der Waals surface area contributed by atoms with Gasteiger partial charge in [0.2, 0.25) is 0 Å². The first-order chi connectivity index (χ1) is 11.6. The number of aromatic nitrogens is 2. The highest BCUT2D eigenvalue weighted by Gasteiger charge is 2.12. The van der Waals surface area contributed by atoms with Crippen LogP contribution in [-0.2, 0) is 0 Å². The lowest BCUT2D eigenvalue weighted by Gasteiger charge is -2.11. The molecule has 0 fully saturated rings. The lowest BCUT2D eigenvalue weighted by molar-refractivity contribution is 0.619. The normalized spacial score (nSPS) is 11.1. The van der Waals surface area contributed by atoms with E-state index in [1.165, 1.54) is 6.07 Å². The fourth-order valence-corrected chi connectivity index (χ4v) is 3.46. The SMILES string of the molecule is Cc1cc(-c2nc(N)ccc2-c2ccc3ncsc3c2)ccc1F. The van der Waals surface area contributed by atoms with Crippen LogP contribution in [0.4, 0.5) is 10.2 Å². The second-order valence-corrected chi connectivity index (χ2v) is 6.52. The molecule has 0 amide bonds. The van der Waals surface area contributed by atoms with Gasteiger partial charge in [0.05, 0.1) is 21.4 Å². The van der Waals surface area contributed by atoms with Crippen LogP contribution in [0.1, 0.15) is 5.56 Å². The van der Waals surface area contributed by atoms with Gasteiger partial charge in [-0.15, -0.1) is 11.3 Å². The first kappa shape index (κ1) is 14.8. The highest BCUT2D eigenvalue weighted by Crippen LogP contribution is 2.34. The van der Waals surface area contributed by atoms with Gasteiger partial charge in [0.25, 0.3) is 0 Å². The van der Waals surface area contributed by atoms with E-state index < -0.39 is 0 Å². The summed E-state index contributed by atoms with van der Waals surface area (Å²) in [4.78, 5) is 8.81. The molecular weight excluding hydrogens is 321 g/mol. The molecule has 4 aromatic rings. The number of hydrogen-bond donors (Lipinski definition) is 1. The number of rotatable bonds is 2. The highest BCUT2D eigenvalue weighted by atomic mass is 32.1. The van der Waals surface area contributed by atoms with E-state index in [1.807, 2.05) is 23.7 Å². The molecule has 0 aliphatic heterocycles. The minimum atomic E-state index is -0.227. The topological polar surface area (TPSA) is 51.8 Å². The zero-order valence-electron chi connectivity index (χ0n) is 13.0. The third-order valence-electron chi connectivity index (χ3n) is 3.99. The van der Waals surface area contributed by atoms with E-state index in [4.69, 9.17) is 5.73 Å². The van der Waals surface area contributed by atoms with Gasteiger partial charge in [-0.1, -0.05) is 6.07 Å². The van der Waals surface area contributed by atoms with Crippen LogP contribution in [0, 0.1) is 12.7 Å². The summed E-state index contributed by atoms with van der Waals surface area (Å²) in [7, 11) is 0. The first-order valence-corrected chi connectivity index (χ1v) is 8.36. The van der Waals surface area contributed by atoms with Gasteiger partial charge in [0, 0.05) is 11.1 Å². The number of hydrogen-bond acceptors (Lipinski definition) is 4. The third-order valence-corrected chi connectivity index (χ3v) is 4.78. The van der Waals surface area contributed by atoms with Gasteiger partial charge in [-0.05, 0) is 60.5 Å². The van der Waals surface area contributed by atoms with Gasteiger partial charge in [-0.2, -0.15) is 0 Å². The van der Waals surface area contributed by atoms with Crippen LogP contribution in [0.2, 0.25) is 0 Å². The highest BCUT2D eigenvalue weighted by molar-refractivity contribution is 7.16. The van der Waals surface area contributed by atoms with Crippen molar-refractivity contribution < 1.29 is 4.39 Å². The van der Waals surface area contributed by atoms with Crippen molar-refractivity contribution in [1.82, 2.24) is 9.97 Å². The van der Waals surface area contributed by atoms with Crippen LogP contribution >= 0.6 is 11.3 Å². The molecule has 0 aliphatic rings. The van der Waals surface area contributed by atoms with Crippen LogP contribution < -0.4 is 5.73 Å². The molecule has 0 saturated heterocycles. The fraction of sp³-hybridized carbons (Fsp3) is 0.0526. The molecule has 0 radical (unpaired) electrons. The Morgan fingerprint density at radius 1 is 1.00 bits per heavy atom. The van der Waals surface area contributed by atoms with Crippen molar-refractivity contribution in [2.24, 2.45) is 0 Å². The Bertz CT molecular complexity index is 1060. The van der Waals surface area contributed by atoms with E-state index in [1.54, 1.807) is 36.5 Å². The van der Waals surface area contributed by atoms with Crippen molar-refractivity contribution in [3.63, 3.8) is 0 Å². The summed E-state index contributed by atoms with van der Waals surface area (Å²) >= 11 is 1.60. The molecule has 0 spiro atoms. The molecule has 0 atom stereocenters. The van der Waals surface area contributed by atoms with Gasteiger partial charge >= 0.3 is 0 Å². The number of thiazole rings is 1. The van der Waals surface area contributed by atoms with E-state index in [-0.39, 0.29) is 5.82 Å². The van der Waals surface area contributed by atoms with E-state index in [0.29, 0.717) is 11.4 Å². The Kier molecular flexibility index (Phi) is 3.50. The zero-order valence-corrected chi connectivity index (χ0v) is 13.8. The predicted molar refractivity (Wildman–Crippen MR) is 97.4 cm³/mol. The number of benzene rings is 2. The van der Waals surface area contributed by atoms with Crippen molar-refractivity contribution in [3.05, 3.63) is 65.4 Å². The number of nitrogens with zero attached hydrogens (tertiary/aromatic N) is 2. The Balaban J connectivity index is 1.93. The van der Waals surface area contributed by atoms with Crippen LogP contribution in [0.15, 0.2) is 54.0 Å². The first-order valence-electron chi connectivity index (χ1n) is 7.48. The largest absolute Gasteiger partial charge is 0.384 e. The van der Waals surface area contributed by atoms with Crippen molar-refractivity contribution in [2.75, 3.05) is 5.73 Å². The van der Waals surface area contributed by atoms with Crippen LogP contribution in [0.5, 0.6) is 0 Å². The Morgan fingerprint density at radius 2 is 1.83 bits per heavy atom. The summed E-state index contributed by atoms with van der Waals surface area (Å²) in [6.45, 7) is 1.74. The predicted octanol–water partition coefficient (Wildman–Crippen LogP) is 5.06. The van der Waals surface area contributed by atoms with Gasteiger partial charge < -0.3 is 5.73 Å². The zero-order chi connectivity index (χ0) is 16.7. The number of aryl methyl sites for hydroxylation is 1. The van der Waals surface area contributed by atoms with E-state index >= 15 is 0 Å². The number of halogens is 1. The molecule has 118 valence electrons. The van der Waals surface area contributed by atoms with Crippen molar-refractivity contribution in [1.29, 1.82) is 0 Å². The smallest absolute Gasteiger partial charge is 0.126 e. The molecule has 4 rings (SSSR count). The minimum absolute atomic E-state index is 0.227. The lowest BCUT2D eigenvalue weighted by Crippen LogP contribution is -1.96. The maximum Gasteiger partial charge on any atom is 0.126 e. The molecule has 2 heterocycles. The number of nitrogen functional groups attached to an aromatic ring is 1. The summed E-state index contributed by atoms with van der Waals surface area (Å²) in [5, 5.41) is 0. The average molecular weight is 335 g/mol. The van der Waals surface area contributed by atoms with Crippen molar-refractivity contribution in [3.8, 4) is 22.4 Å². The summed E-state index contributed by atoms with van der Waals surface area (Å²) in [6.07, 6.45) is 0. The number of nitrogens with two attached hydrogens (primary N) is 1. The Labute approximate surface area is 142 Å². The van der Waals surface area contributed by atoms with Crippen LogP contribution in [0.3, 0.4) is 0 Å². The fourth-order valence-electron chi connectivity index (χ4n) is 2.74. The van der Waals surface area contributed by atoms with Crippen molar-refractivity contribution >= 4 is 27.4 Å². The molecule has 3 nitrogen and oxygen atoms in total. The van der Waals surface area contributed by atoms with Crippen LogP contribution in [0.25, 0.3) is 32.6 Å². The van der Waals surface area contributed by atoms with E-state index in [9.17, 15) is 4.39 Å². The molecule has 0 aliphatic carbocycles. The molecule has 5 heteroatoms. The second kappa shape index (κ2) is 5.69. The number of fused-ring (bicyclic) bond motifs is 1. The number of anilines is 1.